The lowest BCUT2D eigenvalue weighted by molar-refractivity contribution is -0.384. The molecule has 7 heteroatoms. The highest BCUT2D eigenvalue weighted by Gasteiger charge is 2.09. The highest BCUT2D eigenvalue weighted by Crippen LogP contribution is 2.18. The van der Waals surface area contributed by atoms with Crippen molar-refractivity contribution in [2.24, 2.45) is 0 Å². The van der Waals surface area contributed by atoms with Gasteiger partial charge in [0.2, 0.25) is 5.91 Å². The van der Waals surface area contributed by atoms with Crippen molar-refractivity contribution >= 4 is 34.8 Å². The molecule has 3 aromatic rings. The van der Waals surface area contributed by atoms with E-state index in [9.17, 15) is 19.7 Å². The van der Waals surface area contributed by atoms with Crippen molar-refractivity contribution < 1.29 is 14.5 Å². The Balaban J connectivity index is 1.48. The van der Waals surface area contributed by atoms with E-state index in [-0.39, 0.29) is 23.1 Å². The fraction of sp³-hybridized carbons (Fsp3) is 0.0909. The summed E-state index contributed by atoms with van der Waals surface area (Å²) in [7, 11) is 0. The molecule has 0 unspecified atom stereocenters. The van der Waals surface area contributed by atoms with Crippen LogP contribution in [-0.2, 0) is 10.5 Å². The third kappa shape index (κ3) is 5.76. The van der Waals surface area contributed by atoms with Gasteiger partial charge in [-0.15, -0.1) is 11.8 Å². The number of carbonyl (C=O) groups is 2. The molecule has 0 fully saturated rings. The molecule has 0 bridgehead atoms. The number of ketones is 1. The van der Waals surface area contributed by atoms with E-state index < -0.39 is 4.92 Å². The number of rotatable bonds is 8. The molecule has 0 saturated heterocycles. The van der Waals surface area contributed by atoms with Gasteiger partial charge < -0.3 is 5.32 Å². The number of nitrogens with one attached hydrogen (secondary N) is 1. The van der Waals surface area contributed by atoms with Crippen LogP contribution in [0.4, 0.5) is 11.4 Å². The van der Waals surface area contributed by atoms with Gasteiger partial charge in [0.05, 0.1) is 10.7 Å². The number of amides is 1. The monoisotopic (exact) mass is 406 g/mol. The van der Waals surface area contributed by atoms with Crippen LogP contribution in [0.1, 0.15) is 21.5 Å². The summed E-state index contributed by atoms with van der Waals surface area (Å²) in [5.74, 6) is 0.610. The summed E-state index contributed by atoms with van der Waals surface area (Å²) in [6.07, 6.45) is 0. The zero-order valence-electron chi connectivity index (χ0n) is 15.4. The Labute approximate surface area is 172 Å². The molecule has 0 aliphatic heterocycles. The van der Waals surface area contributed by atoms with Gasteiger partial charge in [-0.05, 0) is 29.8 Å². The standard InChI is InChI=1S/C22H18N2O4S/c25-21(15-29-14-16-6-12-20(13-7-16)24(27)28)23-19-10-8-18(9-11-19)22(26)17-4-2-1-3-5-17/h1-13H,14-15H2,(H,23,25). The third-order valence-electron chi connectivity index (χ3n) is 4.12. The van der Waals surface area contributed by atoms with Gasteiger partial charge >= 0.3 is 0 Å². The first-order valence-electron chi connectivity index (χ1n) is 8.83. The highest BCUT2D eigenvalue weighted by atomic mass is 32.2. The molecule has 3 rings (SSSR count). The van der Waals surface area contributed by atoms with Crippen molar-refractivity contribution in [2.75, 3.05) is 11.1 Å². The molecular weight excluding hydrogens is 388 g/mol. The molecule has 6 nitrogen and oxygen atoms in total. The maximum atomic E-state index is 12.4. The molecule has 1 amide bonds. The van der Waals surface area contributed by atoms with Gasteiger partial charge in [0.25, 0.3) is 5.69 Å². The van der Waals surface area contributed by atoms with Gasteiger partial charge in [-0.1, -0.05) is 42.5 Å². The second-order valence-electron chi connectivity index (χ2n) is 6.24. The fourth-order valence-electron chi connectivity index (χ4n) is 2.63. The Kier molecular flexibility index (Phi) is 6.76. The van der Waals surface area contributed by atoms with Gasteiger partial charge in [0.1, 0.15) is 0 Å². The summed E-state index contributed by atoms with van der Waals surface area (Å²) in [4.78, 5) is 34.7. The summed E-state index contributed by atoms with van der Waals surface area (Å²) in [6, 6.07) is 22.1. The quantitative estimate of drug-likeness (QED) is 0.333. The molecule has 0 atom stereocenters. The largest absolute Gasteiger partial charge is 0.325 e. The zero-order chi connectivity index (χ0) is 20.6. The minimum absolute atomic E-state index is 0.0469. The molecule has 0 saturated carbocycles. The Bertz CT molecular complexity index is 1000. The molecule has 0 heterocycles. The Hall–Kier alpha value is -3.45. The number of nitro groups is 1. The number of benzene rings is 3. The number of hydrogen-bond donors (Lipinski definition) is 1. The number of nitro benzene ring substituents is 1. The third-order valence-corrected chi connectivity index (χ3v) is 5.12. The average Bonchev–Trinajstić information content (AvgIpc) is 2.75. The van der Waals surface area contributed by atoms with E-state index in [4.69, 9.17) is 0 Å². The lowest BCUT2D eigenvalue weighted by Gasteiger charge is -2.07. The van der Waals surface area contributed by atoms with Crippen LogP contribution in [0.25, 0.3) is 0 Å². The zero-order valence-corrected chi connectivity index (χ0v) is 16.2. The van der Waals surface area contributed by atoms with E-state index in [1.54, 1.807) is 48.5 Å². The SMILES string of the molecule is O=C(CSCc1ccc([N+](=O)[O-])cc1)Nc1ccc(C(=O)c2ccccc2)cc1. The molecule has 0 radical (unpaired) electrons. The van der Waals surface area contributed by atoms with Crippen molar-refractivity contribution in [2.45, 2.75) is 5.75 Å². The lowest BCUT2D eigenvalue weighted by atomic mass is 10.0. The lowest BCUT2D eigenvalue weighted by Crippen LogP contribution is -2.14. The second kappa shape index (κ2) is 9.66. The summed E-state index contributed by atoms with van der Waals surface area (Å²) in [5.41, 5.74) is 2.76. The minimum atomic E-state index is -0.441. The normalized spacial score (nSPS) is 10.3. The second-order valence-corrected chi connectivity index (χ2v) is 7.22. The van der Waals surface area contributed by atoms with Crippen molar-refractivity contribution in [3.05, 3.63) is 106 Å². The van der Waals surface area contributed by atoms with Gasteiger partial charge in [0.15, 0.2) is 5.78 Å². The average molecular weight is 406 g/mol. The van der Waals surface area contributed by atoms with Gasteiger partial charge in [0, 0.05) is 34.7 Å². The Morgan fingerprint density at radius 1 is 0.862 bits per heavy atom. The number of thioether (sulfide) groups is 1. The van der Waals surface area contributed by atoms with E-state index in [0.29, 0.717) is 22.6 Å². The van der Waals surface area contributed by atoms with Crippen molar-refractivity contribution in [1.29, 1.82) is 0 Å². The van der Waals surface area contributed by atoms with E-state index in [1.165, 1.54) is 23.9 Å². The molecule has 0 aliphatic rings. The van der Waals surface area contributed by atoms with Gasteiger partial charge in [-0.2, -0.15) is 0 Å². The molecule has 0 aliphatic carbocycles. The van der Waals surface area contributed by atoms with Crippen molar-refractivity contribution in [3.8, 4) is 0 Å². The van der Waals surface area contributed by atoms with Crippen LogP contribution in [-0.4, -0.2) is 22.4 Å². The van der Waals surface area contributed by atoms with Crippen LogP contribution in [0.3, 0.4) is 0 Å². The predicted octanol–water partition coefficient (Wildman–Crippen LogP) is 4.70. The van der Waals surface area contributed by atoms with E-state index in [0.717, 1.165) is 5.56 Å². The highest BCUT2D eigenvalue weighted by molar-refractivity contribution is 7.99. The van der Waals surface area contributed by atoms with Gasteiger partial charge in [-0.3, -0.25) is 19.7 Å². The maximum absolute atomic E-state index is 12.4. The fourth-order valence-corrected chi connectivity index (χ4v) is 3.42. The number of nitrogens with zero attached hydrogens (tertiary/aromatic N) is 1. The summed E-state index contributed by atoms with van der Waals surface area (Å²) < 4.78 is 0. The first-order valence-corrected chi connectivity index (χ1v) is 9.99. The Morgan fingerprint density at radius 2 is 1.48 bits per heavy atom. The minimum Gasteiger partial charge on any atom is -0.325 e. The molecule has 146 valence electrons. The summed E-state index contributed by atoms with van der Waals surface area (Å²) in [5, 5.41) is 13.4. The van der Waals surface area contributed by atoms with Crippen molar-refractivity contribution in [3.63, 3.8) is 0 Å². The van der Waals surface area contributed by atoms with E-state index >= 15 is 0 Å². The van der Waals surface area contributed by atoms with E-state index in [2.05, 4.69) is 5.32 Å². The van der Waals surface area contributed by atoms with E-state index in [1.807, 2.05) is 18.2 Å². The van der Waals surface area contributed by atoms with Crippen LogP contribution < -0.4 is 5.32 Å². The molecule has 29 heavy (non-hydrogen) atoms. The Morgan fingerprint density at radius 3 is 2.10 bits per heavy atom. The van der Waals surface area contributed by atoms with Crippen molar-refractivity contribution in [1.82, 2.24) is 0 Å². The van der Waals surface area contributed by atoms with Crippen LogP contribution in [0.15, 0.2) is 78.9 Å². The topological polar surface area (TPSA) is 89.3 Å². The number of hydrogen-bond acceptors (Lipinski definition) is 5. The summed E-state index contributed by atoms with van der Waals surface area (Å²) in [6.45, 7) is 0. The number of carbonyl (C=O) groups excluding carboxylic acids is 2. The van der Waals surface area contributed by atoms with Crippen LogP contribution in [0.2, 0.25) is 0 Å². The first-order chi connectivity index (χ1) is 14.0. The van der Waals surface area contributed by atoms with Gasteiger partial charge in [-0.25, -0.2) is 0 Å². The van der Waals surface area contributed by atoms with Crippen LogP contribution in [0, 0.1) is 10.1 Å². The first kappa shape index (κ1) is 20.3. The molecular formula is C22H18N2O4S. The molecule has 1 N–H and O–H groups in total. The molecule has 0 spiro atoms. The number of anilines is 1. The maximum Gasteiger partial charge on any atom is 0.269 e. The van der Waals surface area contributed by atoms with Crippen LogP contribution >= 0.6 is 11.8 Å². The van der Waals surface area contributed by atoms with Crippen LogP contribution in [0.5, 0.6) is 0 Å². The number of non-ortho nitro benzene ring substituents is 1. The summed E-state index contributed by atoms with van der Waals surface area (Å²) >= 11 is 1.42. The molecule has 3 aromatic carbocycles. The molecule has 0 aromatic heterocycles. The predicted molar refractivity (Wildman–Crippen MR) is 114 cm³/mol. The smallest absolute Gasteiger partial charge is 0.269 e.